The van der Waals surface area contributed by atoms with Crippen LogP contribution in [0.5, 0.6) is 0 Å². The van der Waals surface area contributed by atoms with Crippen molar-refractivity contribution >= 4 is 35.2 Å². The first-order chi connectivity index (χ1) is 10.7. The predicted molar refractivity (Wildman–Crippen MR) is 88.4 cm³/mol. The Hall–Kier alpha value is -1.41. The Morgan fingerprint density at radius 1 is 1.41 bits per heavy atom. The highest BCUT2D eigenvalue weighted by molar-refractivity contribution is 7.71. The number of halogens is 1. The third-order valence-corrected chi connectivity index (χ3v) is 4.64. The highest BCUT2D eigenvalue weighted by atomic mass is 35.5. The van der Waals surface area contributed by atoms with Crippen molar-refractivity contribution in [3.05, 3.63) is 44.6 Å². The van der Waals surface area contributed by atoms with E-state index in [-0.39, 0.29) is 0 Å². The molecule has 0 aliphatic carbocycles. The van der Waals surface area contributed by atoms with Crippen molar-refractivity contribution in [3.63, 3.8) is 0 Å². The van der Waals surface area contributed by atoms with Gasteiger partial charge in [0.05, 0.1) is 17.3 Å². The molecule has 0 N–H and O–H groups in total. The topological polar surface area (TPSA) is 47.3 Å². The van der Waals surface area contributed by atoms with Crippen LogP contribution in [0.3, 0.4) is 0 Å². The molecule has 0 saturated carbocycles. The van der Waals surface area contributed by atoms with Crippen molar-refractivity contribution in [3.8, 4) is 11.7 Å². The van der Waals surface area contributed by atoms with E-state index in [1.165, 1.54) is 4.88 Å². The van der Waals surface area contributed by atoms with E-state index < -0.39 is 0 Å². The first kappa shape index (κ1) is 15.5. The molecule has 116 valence electrons. The summed E-state index contributed by atoms with van der Waals surface area (Å²) < 4.78 is 13.2. The molecule has 0 saturated heterocycles. The first-order valence-corrected chi connectivity index (χ1v) is 8.34. The summed E-state index contributed by atoms with van der Waals surface area (Å²) in [4.78, 5) is 3.73. The standard InChI is InChI=1S/C14H14ClN3O2S2/c1-2-17(8-10-5-6-12(15)22-10)9-18-14(21)20-13(16-18)11-4-3-7-19-11/h3-7H,2,8-9H2,1H3. The Morgan fingerprint density at radius 3 is 2.91 bits per heavy atom. The summed E-state index contributed by atoms with van der Waals surface area (Å²) in [5.41, 5.74) is 0. The van der Waals surface area contributed by atoms with Crippen LogP contribution in [0.25, 0.3) is 11.7 Å². The quantitative estimate of drug-likeness (QED) is 0.602. The zero-order valence-corrected chi connectivity index (χ0v) is 14.2. The van der Waals surface area contributed by atoms with Gasteiger partial charge in [0.15, 0.2) is 5.76 Å². The normalized spacial score (nSPS) is 11.4. The van der Waals surface area contributed by atoms with Gasteiger partial charge in [0.25, 0.3) is 10.7 Å². The molecule has 3 rings (SSSR count). The largest absolute Gasteiger partial charge is 0.459 e. The van der Waals surface area contributed by atoms with E-state index in [2.05, 4.69) is 16.9 Å². The lowest BCUT2D eigenvalue weighted by Gasteiger charge is -2.18. The summed E-state index contributed by atoms with van der Waals surface area (Å²) in [6.45, 7) is 4.29. The van der Waals surface area contributed by atoms with Crippen LogP contribution in [0.2, 0.25) is 4.34 Å². The van der Waals surface area contributed by atoms with Crippen molar-refractivity contribution in [2.24, 2.45) is 0 Å². The zero-order chi connectivity index (χ0) is 15.5. The van der Waals surface area contributed by atoms with Crippen LogP contribution in [0, 0.1) is 4.84 Å². The average Bonchev–Trinajstić information content (AvgIpc) is 3.21. The molecule has 22 heavy (non-hydrogen) atoms. The number of furan rings is 1. The highest BCUT2D eigenvalue weighted by Gasteiger charge is 2.13. The van der Waals surface area contributed by atoms with Gasteiger partial charge in [-0.3, -0.25) is 4.90 Å². The summed E-state index contributed by atoms with van der Waals surface area (Å²) in [6, 6.07) is 7.51. The van der Waals surface area contributed by atoms with E-state index in [1.807, 2.05) is 12.1 Å². The lowest BCUT2D eigenvalue weighted by atomic mass is 10.4. The number of hydrogen-bond acceptors (Lipinski definition) is 6. The van der Waals surface area contributed by atoms with Crippen molar-refractivity contribution in [2.45, 2.75) is 20.1 Å². The molecule has 3 aromatic rings. The molecule has 0 atom stereocenters. The van der Waals surface area contributed by atoms with Gasteiger partial charge in [0, 0.05) is 11.4 Å². The van der Waals surface area contributed by atoms with Gasteiger partial charge in [0.1, 0.15) is 0 Å². The van der Waals surface area contributed by atoms with Gasteiger partial charge in [-0.2, -0.15) is 0 Å². The number of hydrogen-bond donors (Lipinski definition) is 0. The van der Waals surface area contributed by atoms with Crippen LogP contribution in [-0.2, 0) is 13.2 Å². The van der Waals surface area contributed by atoms with E-state index in [0.29, 0.717) is 23.2 Å². The van der Waals surface area contributed by atoms with E-state index in [4.69, 9.17) is 32.7 Å². The van der Waals surface area contributed by atoms with Gasteiger partial charge < -0.3 is 8.83 Å². The minimum atomic E-state index is 0.328. The molecule has 0 aromatic carbocycles. The van der Waals surface area contributed by atoms with Gasteiger partial charge in [-0.05, 0) is 43.0 Å². The molecule has 0 aliphatic rings. The number of aromatic nitrogens is 2. The lowest BCUT2D eigenvalue weighted by Crippen LogP contribution is -2.26. The number of nitrogens with zero attached hydrogens (tertiary/aromatic N) is 3. The van der Waals surface area contributed by atoms with Crippen molar-refractivity contribution in [1.29, 1.82) is 0 Å². The van der Waals surface area contributed by atoms with E-state index >= 15 is 0 Å². The van der Waals surface area contributed by atoms with Crippen molar-refractivity contribution < 1.29 is 8.83 Å². The van der Waals surface area contributed by atoms with Crippen LogP contribution >= 0.6 is 35.2 Å². The maximum atomic E-state index is 5.97. The second-order valence-electron chi connectivity index (χ2n) is 4.64. The van der Waals surface area contributed by atoms with E-state index in [1.54, 1.807) is 34.4 Å². The summed E-state index contributed by atoms with van der Waals surface area (Å²) in [5, 5.41) is 4.37. The molecule has 8 heteroatoms. The molecular weight excluding hydrogens is 342 g/mol. The van der Waals surface area contributed by atoms with Crippen LogP contribution in [0.4, 0.5) is 0 Å². The molecular formula is C14H14ClN3O2S2. The second kappa shape index (κ2) is 6.78. The van der Waals surface area contributed by atoms with Gasteiger partial charge >= 0.3 is 0 Å². The maximum absolute atomic E-state index is 5.97. The first-order valence-electron chi connectivity index (χ1n) is 6.74. The van der Waals surface area contributed by atoms with Crippen molar-refractivity contribution in [1.82, 2.24) is 14.7 Å². The summed E-state index contributed by atoms with van der Waals surface area (Å²) in [7, 11) is 0. The third kappa shape index (κ3) is 3.49. The Balaban J connectivity index is 1.75. The minimum Gasteiger partial charge on any atom is -0.459 e. The highest BCUT2D eigenvalue weighted by Crippen LogP contribution is 2.23. The Morgan fingerprint density at radius 2 is 2.27 bits per heavy atom. The lowest BCUT2D eigenvalue weighted by molar-refractivity contribution is 0.206. The van der Waals surface area contributed by atoms with E-state index in [0.717, 1.165) is 17.4 Å². The van der Waals surface area contributed by atoms with Gasteiger partial charge in [-0.25, -0.2) is 4.68 Å². The maximum Gasteiger partial charge on any atom is 0.288 e. The molecule has 3 aromatic heterocycles. The van der Waals surface area contributed by atoms with Crippen molar-refractivity contribution in [2.75, 3.05) is 6.54 Å². The number of thiophene rings is 1. The molecule has 3 heterocycles. The van der Waals surface area contributed by atoms with E-state index in [9.17, 15) is 0 Å². The molecule has 0 aliphatic heterocycles. The Kier molecular flexibility index (Phi) is 4.77. The molecule has 0 unspecified atom stereocenters. The SMILES string of the molecule is CCN(Cc1ccc(Cl)s1)Cn1nc(-c2ccco2)oc1=S. The number of rotatable bonds is 6. The molecule has 0 bridgehead atoms. The van der Waals surface area contributed by atoms with Crippen LogP contribution < -0.4 is 0 Å². The summed E-state index contributed by atoms with van der Waals surface area (Å²) >= 11 is 12.8. The molecule has 0 amide bonds. The summed E-state index contributed by atoms with van der Waals surface area (Å²) in [6.07, 6.45) is 1.58. The minimum absolute atomic E-state index is 0.328. The Bertz CT molecular complexity index is 791. The molecule has 5 nitrogen and oxygen atoms in total. The average molecular weight is 356 g/mol. The smallest absolute Gasteiger partial charge is 0.288 e. The fourth-order valence-electron chi connectivity index (χ4n) is 2.00. The van der Waals surface area contributed by atoms with Gasteiger partial charge in [-0.15, -0.1) is 16.4 Å². The third-order valence-electron chi connectivity index (χ3n) is 3.13. The fourth-order valence-corrected chi connectivity index (χ4v) is 3.31. The van der Waals surface area contributed by atoms with Crippen LogP contribution in [0.15, 0.2) is 39.4 Å². The van der Waals surface area contributed by atoms with Gasteiger partial charge in [0.2, 0.25) is 0 Å². The molecule has 0 fully saturated rings. The predicted octanol–water partition coefficient (Wildman–Crippen LogP) is 4.66. The second-order valence-corrected chi connectivity index (χ2v) is 6.79. The summed E-state index contributed by atoms with van der Waals surface area (Å²) in [5.74, 6) is 0.961. The Labute approximate surface area is 141 Å². The monoisotopic (exact) mass is 355 g/mol. The van der Waals surface area contributed by atoms with Crippen LogP contribution in [-0.4, -0.2) is 21.2 Å². The van der Waals surface area contributed by atoms with Gasteiger partial charge in [-0.1, -0.05) is 18.5 Å². The molecule has 0 radical (unpaired) electrons. The zero-order valence-electron chi connectivity index (χ0n) is 11.9. The van der Waals surface area contributed by atoms with Crippen LogP contribution in [0.1, 0.15) is 11.8 Å². The molecule has 0 spiro atoms. The fraction of sp³-hybridized carbons (Fsp3) is 0.286.